The minimum absolute atomic E-state index is 0.0326. The number of nitrogens with one attached hydrogen (secondary N) is 2. The van der Waals surface area contributed by atoms with Gasteiger partial charge in [0.15, 0.2) is 0 Å². The highest BCUT2D eigenvalue weighted by Crippen LogP contribution is 2.27. The van der Waals surface area contributed by atoms with Crippen LogP contribution in [0.15, 0.2) is 24.3 Å². The summed E-state index contributed by atoms with van der Waals surface area (Å²) in [5.74, 6) is 1.59. The van der Waals surface area contributed by atoms with Crippen molar-refractivity contribution in [2.75, 3.05) is 25.4 Å². The van der Waals surface area contributed by atoms with Crippen molar-refractivity contribution >= 4 is 34.6 Å². The number of fused-ring (bicyclic) bond motifs is 1. The van der Waals surface area contributed by atoms with Crippen molar-refractivity contribution in [3.63, 3.8) is 0 Å². The first-order valence-electron chi connectivity index (χ1n) is 9.74. The number of likely N-dealkylation sites (tertiary alicyclic amines) is 1. The molecule has 1 aromatic carbocycles. The SMILES string of the molecule is CC(SCC(=O)NCCCN1CCCCCC1=O)c1nc2ccccc2[nH]1. The average molecular weight is 389 g/mol. The van der Waals surface area contributed by atoms with Crippen LogP contribution in [0.25, 0.3) is 11.0 Å². The fourth-order valence-corrected chi connectivity index (χ4v) is 4.04. The molecule has 27 heavy (non-hydrogen) atoms. The smallest absolute Gasteiger partial charge is 0.230 e. The normalized spacial score (nSPS) is 16.3. The van der Waals surface area contributed by atoms with Crippen LogP contribution in [0.2, 0.25) is 0 Å². The predicted molar refractivity (Wildman–Crippen MR) is 110 cm³/mol. The van der Waals surface area contributed by atoms with Crippen molar-refractivity contribution in [3.05, 3.63) is 30.1 Å². The Balaban J connectivity index is 1.35. The second-order valence-corrected chi connectivity index (χ2v) is 8.32. The number of H-pyrrole nitrogens is 1. The van der Waals surface area contributed by atoms with Crippen LogP contribution in [0, 0.1) is 0 Å². The van der Waals surface area contributed by atoms with E-state index in [1.54, 1.807) is 11.8 Å². The lowest BCUT2D eigenvalue weighted by Crippen LogP contribution is -2.34. The number of imidazole rings is 1. The lowest BCUT2D eigenvalue weighted by atomic mass is 10.2. The zero-order valence-corrected chi connectivity index (χ0v) is 16.7. The maximum atomic E-state index is 12.1. The molecule has 2 heterocycles. The van der Waals surface area contributed by atoms with Gasteiger partial charge in [0, 0.05) is 26.1 Å². The fraction of sp³-hybridized carbons (Fsp3) is 0.550. The molecule has 1 fully saturated rings. The molecule has 0 radical (unpaired) electrons. The maximum Gasteiger partial charge on any atom is 0.230 e. The number of carbonyl (C=O) groups excluding carboxylic acids is 2. The highest BCUT2D eigenvalue weighted by Gasteiger charge is 2.16. The second-order valence-electron chi connectivity index (χ2n) is 6.99. The summed E-state index contributed by atoms with van der Waals surface area (Å²) in [6.45, 7) is 4.27. The number of aromatic amines is 1. The first kappa shape index (κ1) is 19.7. The molecule has 1 aliphatic heterocycles. The monoisotopic (exact) mass is 388 g/mol. The third kappa shape index (κ3) is 5.73. The third-order valence-electron chi connectivity index (χ3n) is 4.86. The van der Waals surface area contributed by atoms with Crippen LogP contribution in [-0.2, 0) is 9.59 Å². The number of thioether (sulfide) groups is 1. The van der Waals surface area contributed by atoms with Crippen LogP contribution >= 0.6 is 11.8 Å². The van der Waals surface area contributed by atoms with E-state index < -0.39 is 0 Å². The average Bonchev–Trinajstić information content (AvgIpc) is 3.01. The predicted octanol–water partition coefficient (Wildman–Crippen LogP) is 3.27. The van der Waals surface area contributed by atoms with Crippen LogP contribution in [0.3, 0.4) is 0 Å². The number of carbonyl (C=O) groups is 2. The van der Waals surface area contributed by atoms with Crippen LogP contribution in [0.5, 0.6) is 0 Å². The van der Waals surface area contributed by atoms with Gasteiger partial charge < -0.3 is 15.2 Å². The third-order valence-corrected chi connectivity index (χ3v) is 6.01. The number of para-hydroxylation sites is 2. The van der Waals surface area contributed by atoms with E-state index in [2.05, 4.69) is 22.2 Å². The Morgan fingerprint density at radius 2 is 2.19 bits per heavy atom. The van der Waals surface area contributed by atoms with Gasteiger partial charge in [-0.15, -0.1) is 11.8 Å². The molecule has 146 valence electrons. The van der Waals surface area contributed by atoms with Gasteiger partial charge in [-0.25, -0.2) is 4.98 Å². The van der Waals surface area contributed by atoms with Gasteiger partial charge in [0.2, 0.25) is 11.8 Å². The van der Waals surface area contributed by atoms with Gasteiger partial charge in [0.1, 0.15) is 5.82 Å². The summed E-state index contributed by atoms with van der Waals surface area (Å²) in [6.07, 6.45) is 4.71. The molecular formula is C20H28N4O2S. The maximum absolute atomic E-state index is 12.1. The first-order valence-corrected chi connectivity index (χ1v) is 10.8. The molecular weight excluding hydrogens is 360 g/mol. The van der Waals surface area contributed by atoms with Crippen LogP contribution < -0.4 is 5.32 Å². The molecule has 1 unspecified atom stereocenters. The van der Waals surface area contributed by atoms with E-state index >= 15 is 0 Å². The summed E-state index contributed by atoms with van der Waals surface area (Å²) >= 11 is 1.57. The van der Waals surface area contributed by atoms with Crippen molar-refractivity contribution in [1.29, 1.82) is 0 Å². The molecule has 2 amide bonds. The molecule has 2 aromatic rings. The Morgan fingerprint density at radius 1 is 1.33 bits per heavy atom. The zero-order valence-electron chi connectivity index (χ0n) is 15.9. The molecule has 0 spiro atoms. The van der Waals surface area contributed by atoms with Crippen molar-refractivity contribution in [1.82, 2.24) is 20.2 Å². The molecule has 0 aliphatic carbocycles. The Bertz CT molecular complexity index is 743. The van der Waals surface area contributed by atoms with E-state index in [0.717, 1.165) is 55.6 Å². The summed E-state index contributed by atoms with van der Waals surface area (Å²) in [5, 5.41) is 3.08. The molecule has 3 rings (SSSR count). The van der Waals surface area contributed by atoms with Gasteiger partial charge >= 0.3 is 0 Å². The summed E-state index contributed by atoms with van der Waals surface area (Å²) in [4.78, 5) is 33.9. The summed E-state index contributed by atoms with van der Waals surface area (Å²) in [7, 11) is 0. The molecule has 6 nitrogen and oxygen atoms in total. The van der Waals surface area contributed by atoms with E-state index in [4.69, 9.17) is 0 Å². The number of benzene rings is 1. The fourth-order valence-electron chi connectivity index (χ4n) is 3.27. The molecule has 1 aliphatic rings. The van der Waals surface area contributed by atoms with Crippen molar-refractivity contribution in [2.45, 2.75) is 44.3 Å². The van der Waals surface area contributed by atoms with Gasteiger partial charge in [-0.3, -0.25) is 9.59 Å². The number of rotatable bonds is 8. The largest absolute Gasteiger partial charge is 0.355 e. The number of hydrogen-bond donors (Lipinski definition) is 2. The number of amides is 2. The number of aromatic nitrogens is 2. The van der Waals surface area contributed by atoms with Gasteiger partial charge in [-0.1, -0.05) is 18.6 Å². The quantitative estimate of drug-likeness (QED) is 0.681. The van der Waals surface area contributed by atoms with Gasteiger partial charge in [0.05, 0.1) is 22.0 Å². The molecule has 2 N–H and O–H groups in total. The zero-order chi connectivity index (χ0) is 19.1. The summed E-state index contributed by atoms with van der Waals surface area (Å²) in [6, 6.07) is 7.94. The molecule has 0 bridgehead atoms. The van der Waals surface area contributed by atoms with E-state index in [1.165, 1.54) is 0 Å². The van der Waals surface area contributed by atoms with Crippen molar-refractivity contribution < 1.29 is 9.59 Å². The van der Waals surface area contributed by atoms with E-state index in [-0.39, 0.29) is 17.1 Å². The lowest BCUT2D eigenvalue weighted by molar-refractivity contribution is -0.130. The molecule has 1 saturated heterocycles. The second kappa shape index (κ2) is 9.78. The molecule has 1 atom stereocenters. The van der Waals surface area contributed by atoms with Crippen LogP contribution in [0.1, 0.15) is 50.1 Å². The highest BCUT2D eigenvalue weighted by atomic mass is 32.2. The summed E-state index contributed by atoms with van der Waals surface area (Å²) in [5.41, 5.74) is 1.97. The number of hydrogen-bond acceptors (Lipinski definition) is 4. The first-order chi connectivity index (χ1) is 13.1. The van der Waals surface area contributed by atoms with Crippen molar-refractivity contribution in [3.8, 4) is 0 Å². The van der Waals surface area contributed by atoms with Gasteiger partial charge in [-0.2, -0.15) is 0 Å². The van der Waals surface area contributed by atoms with Crippen LogP contribution in [0.4, 0.5) is 0 Å². The lowest BCUT2D eigenvalue weighted by Gasteiger charge is -2.20. The van der Waals surface area contributed by atoms with Gasteiger partial charge in [-0.05, 0) is 38.3 Å². The van der Waals surface area contributed by atoms with E-state index in [9.17, 15) is 9.59 Å². The summed E-state index contributed by atoms with van der Waals surface area (Å²) < 4.78 is 0. The Hall–Kier alpha value is -2.02. The van der Waals surface area contributed by atoms with E-state index in [1.807, 2.05) is 29.2 Å². The topological polar surface area (TPSA) is 78.1 Å². The Morgan fingerprint density at radius 3 is 3.04 bits per heavy atom. The molecule has 0 saturated carbocycles. The Kier molecular flexibility index (Phi) is 7.15. The van der Waals surface area contributed by atoms with Crippen molar-refractivity contribution in [2.24, 2.45) is 0 Å². The number of nitrogens with zero attached hydrogens (tertiary/aromatic N) is 2. The van der Waals surface area contributed by atoms with Gasteiger partial charge in [0.25, 0.3) is 0 Å². The minimum Gasteiger partial charge on any atom is -0.355 e. The molecule has 1 aromatic heterocycles. The van der Waals surface area contributed by atoms with Crippen LogP contribution in [-0.4, -0.2) is 52.1 Å². The molecule has 7 heteroatoms. The minimum atomic E-state index is 0.0326. The standard InChI is InChI=1S/C20H28N4O2S/c1-15(20-22-16-8-4-5-9-17(16)23-20)27-14-18(25)21-11-7-13-24-12-6-2-3-10-19(24)26/h4-5,8-9,15H,2-3,6-7,10-14H2,1H3,(H,21,25)(H,22,23). The Labute approximate surface area is 164 Å². The highest BCUT2D eigenvalue weighted by molar-refractivity contribution is 8.00. The van der Waals surface area contributed by atoms with E-state index in [0.29, 0.717) is 18.7 Å².